The normalized spacial score (nSPS) is 21.3. The highest BCUT2D eigenvalue weighted by Gasteiger charge is 2.34. The van der Waals surface area contributed by atoms with Crippen LogP contribution in [0.4, 0.5) is 0 Å². The summed E-state index contributed by atoms with van der Waals surface area (Å²) in [5, 5.41) is 0. The average molecular weight is 190 g/mol. The quantitative estimate of drug-likeness (QED) is 0.513. The number of thiol groups is 1. The van der Waals surface area contributed by atoms with Gasteiger partial charge in [-0.15, -0.1) is 0 Å². The van der Waals surface area contributed by atoms with E-state index in [4.69, 9.17) is 0 Å². The molecule has 1 fully saturated rings. The van der Waals surface area contributed by atoms with Crippen LogP contribution in [0.15, 0.2) is 0 Å². The van der Waals surface area contributed by atoms with Gasteiger partial charge >= 0.3 is 0 Å². The SMILES string of the molecule is CCCSCC1(CS)CCC1. The lowest BCUT2D eigenvalue weighted by Crippen LogP contribution is -2.33. The molecule has 0 atom stereocenters. The van der Waals surface area contributed by atoms with E-state index >= 15 is 0 Å². The Hall–Kier alpha value is 0.700. The maximum Gasteiger partial charge on any atom is -0.000300 e. The molecule has 0 N–H and O–H groups in total. The molecule has 0 heterocycles. The minimum atomic E-state index is 0.642. The van der Waals surface area contributed by atoms with Crippen molar-refractivity contribution in [3.8, 4) is 0 Å². The van der Waals surface area contributed by atoms with Gasteiger partial charge in [0.15, 0.2) is 0 Å². The summed E-state index contributed by atoms with van der Waals surface area (Å²) in [7, 11) is 0. The third-order valence-corrected chi connectivity index (χ3v) is 4.69. The van der Waals surface area contributed by atoms with Gasteiger partial charge in [0.25, 0.3) is 0 Å². The van der Waals surface area contributed by atoms with E-state index in [-0.39, 0.29) is 0 Å². The van der Waals surface area contributed by atoms with Crippen LogP contribution in [0.2, 0.25) is 0 Å². The Morgan fingerprint density at radius 2 is 2.18 bits per heavy atom. The molecular formula is C9H18S2. The van der Waals surface area contributed by atoms with Crippen molar-refractivity contribution < 1.29 is 0 Å². The number of rotatable bonds is 5. The number of hydrogen-bond acceptors (Lipinski definition) is 2. The minimum absolute atomic E-state index is 0.642. The van der Waals surface area contributed by atoms with Gasteiger partial charge in [-0.05, 0) is 41.9 Å². The highest BCUT2D eigenvalue weighted by atomic mass is 32.2. The Morgan fingerprint density at radius 1 is 1.45 bits per heavy atom. The van der Waals surface area contributed by atoms with Gasteiger partial charge in [-0.2, -0.15) is 24.4 Å². The summed E-state index contributed by atoms with van der Waals surface area (Å²) in [4.78, 5) is 0. The summed E-state index contributed by atoms with van der Waals surface area (Å²) in [6.07, 6.45) is 5.60. The van der Waals surface area contributed by atoms with Crippen LogP contribution in [0.25, 0.3) is 0 Å². The molecule has 0 amide bonds. The summed E-state index contributed by atoms with van der Waals surface area (Å²) < 4.78 is 0. The van der Waals surface area contributed by atoms with Crippen molar-refractivity contribution in [3.63, 3.8) is 0 Å². The molecule has 0 radical (unpaired) electrons. The van der Waals surface area contributed by atoms with Crippen LogP contribution in [0.3, 0.4) is 0 Å². The van der Waals surface area contributed by atoms with Gasteiger partial charge in [-0.3, -0.25) is 0 Å². The Morgan fingerprint density at radius 3 is 2.55 bits per heavy atom. The summed E-state index contributed by atoms with van der Waals surface area (Å²) in [5.74, 6) is 3.78. The zero-order valence-electron chi connectivity index (χ0n) is 7.31. The van der Waals surface area contributed by atoms with E-state index in [0.717, 1.165) is 5.75 Å². The fourth-order valence-corrected chi connectivity index (χ4v) is 3.29. The van der Waals surface area contributed by atoms with Crippen molar-refractivity contribution in [2.45, 2.75) is 32.6 Å². The lowest BCUT2D eigenvalue weighted by molar-refractivity contribution is 0.205. The van der Waals surface area contributed by atoms with E-state index in [9.17, 15) is 0 Å². The summed E-state index contributed by atoms with van der Waals surface area (Å²) in [6, 6.07) is 0. The smallest absolute Gasteiger partial charge is 0.000300 e. The fraction of sp³-hybridized carbons (Fsp3) is 1.00. The lowest BCUT2D eigenvalue weighted by Gasteiger charge is -2.40. The Labute approximate surface area is 79.9 Å². The molecule has 0 unspecified atom stereocenters. The van der Waals surface area contributed by atoms with Gasteiger partial charge in [0.2, 0.25) is 0 Å². The van der Waals surface area contributed by atoms with E-state index < -0.39 is 0 Å². The average Bonchev–Trinajstić information content (AvgIpc) is 1.95. The summed E-state index contributed by atoms with van der Waals surface area (Å²) in [5.41, 5.74) is 0.642. The van der Waals surface area contributed by atoms with Gasteiger partial charge in [0.1, 0.15) is 0 Å². The highest BCUT2D eigenvalue weighted by molar-refractivity contribution is 7.99. The standard InChI is InChI=1S/C9H18S2/c1-2-6-11-8-9(7-10)4-3-5-9/h10H,2-8H2,1H3. The predicted molar refractivity (Wildman–Crippen MR) is 57.8 cm³/mol. The zero-order valence-corrected chi connectivity index (χ0v) is 9.02. The van der Waals surface area contributed by atoms with Crippen molar-refractivity contribution in [2.75, 3.05) is 17.3 Å². The molecule has 1 aliphatic carbocycles. The van der Waals surface area contributed by atoms with Crippen LogP contribution in [0, 0.1) is 5.41 Å². The molecule has 0 nitrogen and oxygen atoms in total. The van der Waals surface area contributed by atoms with E-state index in [1.165, 1.54) is 37.2 Å². The topological polar surface area (TPSA) is 0 Å². The molecule has 2 heteroatoms. The van der Waals surface area contributed by atoms with Crippen molar-refractivity contribution in [2.24, 2.45) is 5.41 Å². The van der Waals surface area contributed by atoms with Crippen LogP contribution in [-0.4, -0.2) is 17.3 Å². The Balaban J connectivity index is 2.11. The van der Waals surface area contributed by atoms with E-state index in [0.29, 0.717) is 5.41 Å². The maximum absolute atomic E-state index is 4.42. The number of hydrogen-bond donors (Lipinski definition) is 1. The molecule has 0 bridgehead atoms. The molecule has 0 aliphatic heterocycles. The van der Waals surface area contributed by atoms with Crippen LogP contribution in [0.5, 0.6) is 0 Å². The Bertz CT molecular complexity index is 103. The monoisotopic (exact) mass is 190 g/mol. The predicted octanol–water partition coefficient (Wildman–Crippen LogP) is 3.23. The van der Waals surface area contributed by atoms with E-state index in [1.54, 1.807) is 0 Å². The molecule has 1 saturated carbocycles. The van der Waals surface area contributed by atoms with Gasteiger partial charge in [0, 0.05) is 0 Å². The first-order valence-electron chi connectivity index (χ1n) is 4.51. The molecule has 0 aromatic carbocycles. The third kappa shape index (κ3) is 2.59. The molecule has 11 heavy (non-hydrogen) atoms. The Kier molecular flexibility index (Phi) is 4.14. The van der Waals surface area contributed by atoms with Crippen LogP contribution in [0.1, 0.15) is 32.6 Å². The first-order valence-corrected chi connectivity index (χ1v) is 6.30. The lowest BCUT2D eigenvalue weighted by atomic mass is 9.72. The summed E-state index contributed by atoms with van der Waals surface area (Å²) >= 11 is 6.53. The van der Waals surface area contributed by atoms with Crippen LogP contribution in [-0.2, 0) is 0 Å². The van der Waals surface area contributed by atoms with Gasteiger partial charge in [-0.25, -0.2) is 0 Å². The van der Waals surface area contributed by atoms with Crippen molar-refractivity contribution in [1.29, 1.82) is 0 Å². The van der Waals surface area contributed by atoms with Crippen molar-refractivity contribution in [3.05, 3.63) is 0 Å². The van der Waals surface area contributed by atoms with Crippen molar-refractivity contribution in [1.82, 2.24) is 0 Å². The van der Waals surface area contributed by atoms with Crippen LogP contribution < -0.4 is 0 Å². The van der Waals surface area contributed by atoms with Crippen LogP contribution >= 0.6 is 24.4 Å². The molecule has 0 aromatic heterocycles. The second kappa shape index (κ2) is 4.66. The second-order valence-corrected chi connectivity index (χ2v) is 4.99. The molecular weight excluding hydrogens is 172 g/mol. The number of thioether (sulfide) groups is 1. The largest absolute Gasteiger partial charge is 0.179 e. The van der Waals surface area contributed by atoms with E-state index in [1.807, 2.05) is 0 Å². The molecule has 1 aliphatic rings. The first kappa shape index (κ1) is 9.79. The molecule has 0 saturated heterocycles. The third-order valence-electron chi connectivity index (χ3n) is 2.51. The fourth-order valence-electron chi connectivity index (χ4n) is 1.46. The van der Waals surface area contributed by atoms with Gasteiger partial charge in [-0.1, -0.05) is 13.3 Å². The maximum atomic E-state index is 4.42. The van der Waals surface area contributed by atoms with Gasteiger partial charge in [0.05, 0.1) is 0 Å². The van der Waals surface area contributed by atoms with Crippen molar-refractivity contribution >= 4 is 24.4 Å². The van der Waals surface area contributed by atoms with Gasteiger partial charge < -0.3 is 0 Å². The molecule has 0 spiro atoms. The molecule has 1 rings (SSSR count). The molecule has 66 valence electrons. The second-order valence-electron chi connectivity index (χ2n) is 3.56. The van der Waals surface area contributed by atoms with E-state index in [2.05, 4.69) is 31.3 Å². The molecule has 0 aromatic rings. The highest BCUT2D eigenvalue weighted by Crippen LogP contribution is 2.44. The summed E-state index contributed by atoms with van der Waals surface area (Å²) in [6.45, 7) is 2.25. The minimum Gasteiger partial charge on any atom is -0.179 e. The first-order chi connectivity index (χ1) is 5.33. The zero-order chi connectivity index (χ0) is 8.16.